The van der Waals surface area contributed by atoms with Crippen LogP contribution >= 0.6 is 0 Å². The molecule has 4 aromatic rings. The Kier molecular flexibility index (Phi) is 5.06. The van der Waals surface area contributed by atoms with Crippen LogP contribution in [0.3, 0.4) is 0 Å². The number of Topliss-reactive ketones (excluding diaryl/α,β-unsaturated/α-hetero) is 1. The molecule has 0 unspecified atom stereocenters. The van der Waals surface area contributed by atoms with E-state index in [2.05, 4.69) is 0 Å². The Balaban J connectivity index is 1.37. The number of furan rings is 1. The molecule has 168 valence electrons. The van der Waals surface area contributed by atoms with Crippen molar-refractivity contribution in [2.24, 2.45) is 0 Å². The zero-order chi connectivity index (χ0) is 23.8. The highest BCUT2D eigenvalue weighted by molar-refractivity contribution is 6.14. The molecule has 0 bridgehead atoms. The fourth-order valence-electron chi connectivity index (χ4n) is 3.57. The van der Waals surface area contributed by atoms with E-state index in [9.17, 15) is 19.7 Å². The third kappa shape index (κ3) is 3.75. The zero-order valence-electron chi connectivity index (χ0n) is 17.6. The lowest BCUT2D eigenvalue weighted by molar-refractivity contribution is -0.384. The molecule has 0 saturated heterocycles. The van der Waals surface area contributed by atoms with Gasteiger partial charge in [0.15, 0.2) is 17.1 Å². The highest BCUT2D eigenvalue weighted by atomic mass is 16.6. The molecule has 0 amide bonds. The van der Waals surface area contributed by atoms with Crippen molar-refractivity contribution < 1.29 is 33.1 Å². The van der Waals surface area contributed by atoms with Gasteiger partial charge in [0.25, 0.3) is 5.69 Å². The molecule has 0 aliphatic carbocycles. The Morgan fingerprint density at radius 3 is 2.68 bits per heavy atom. The number of non-ortho nitro benzene ring substituents is 1. The van der Waals surface area contributed by atoms with Gasteiger partial charge in [-0.3, -0.25) is 14.9 Å². The van der Waals surface area contributed by atoms with E-state index in [1.807, 2.05) is 0 Å². The molecule has 0 fully saturated rings. The highest BCUT2D eigenvalue weighted by Crippen LogP contribution is 2.36. The number of carbonyl (C=O) groups excluding carboxylic acids is 2. The predicted octanol–water partition coefficient (Wildman–Crippen LogP) is 5.19. The number of fused-ring (bicyclic) bond motifs is 2. The molecule has 2 heterocycles. The number of methoxy groups -OCH3 is 1. The summed E-state index contributed by atoms with van der Waals surface area (Å²) in [7, 11) is 1.50. The lowest BCUT2D eigenvalue weighted by Gasteiger charge is -2.04. The third-order valence-corrected chi connectivity index (χ3v) is 5.16. The molecule has 5 rings (SSSR count). The average molecular weight is 457 g/mol. The minimum Gasteiger partial charge on any atom is -0.493 e. The van der Waals surface area contributed by atoms with E-state index in [1.54, 1.807) is 30.3 Å². The van der Waals surface area contributed by atoms with Crippen molar-refractivity contribution in [3.05, 3.63) is 99.5 Å². The quantitative estimate of drug-likeness (QED) is 0.132. The number of ether oxygens (including phenoxy) is 3. The molecule has 9 nitrogen and oxygen atoms in total. The van der Waals surface area contributed by atoms with Gasteiger partial charge >= 0.3 is 5.97 Å². The Labute approximate surface area is 191 Å². The van der Waals surface area contributed by atoms with Crippen molar-refractivity contribution in [3.8, 4) is 17.2 Å². The van der Waals surface area contributed by atoms with Gasteiger partial charge in [-0.25, -0.2) is 4.79 Å². The van der Waals surface area contributed by atoms with Gasteiger partial charge in [0.1, 0.15) is 11.5 Å². The average Bonchev–Trinajstić information content (AvgIpc) is 3.40. The molecule has 1 aromatic heterocycles. The summed E-state index contributed by atoms with van der Waals surface area (Å²) in [4.78, 5) is 35.7. The van der Waals surface area contributed by atoms with E-state index in [4.69, 9.17) is 18.6 Å². The van der Waals surface area contributed by atoms with Gasteiger partial charge in [-0.05, 0) is 35.9 Å². The highest BCUT2D eigenvalue weighted by Gasteiger charge is 2.28. The molecule has 1 aliphatic rings. The number of nitro groups is 1. The summed E-state index contributed by atoms with van der Waals surface area (Å²) in [5.74, 6) is -0.270. The van der Waals surface area contributed by atoms with Crippen molar-refractivity contribution in [1.29, 1.82) is 0 Å². The van der Waals surface area contributed by atoms with Gasteiger partial charge in [-0.2, -0.15) is 0 Å². The van der Waals surface area contributed by atoms with Crippen LogP contribution in [-0.2, 0) is 0 Å². The molecule has 0 saturated carbocycles. The van der Waals surface area contributed by atoms with Crippen LogP contribution in [0.4, 0.5) is 5.69 Å². The maximum Gasteiger partial charge on any atom is 0.379 e. The lowest BCUT2D eigenvalue weighted by atomic mass is 10.1. The molecule has 0 spiro atoms. The fourth-order valence-corrected chi connectivity index (χ4v) is 3.57. The Bertz CT molecular complexity index is 1510. The fraction of sp³-hybridized carbons (Fsp3) is 0.0400. The molecular formula is C25H15NO8. The first kappa shape index (κ1) is 21.0. The Morgan fingerprint density at radius 1 is 1.06 bits per heavy atom. The Hall–Kier alpha value is -4.92. The first-order valence-electron chi connectivity index (χ1n) is 10.0. The van der Waals surface area contributed by atoms with Crippen LogP contribution in [0.2, 0.25) is 0 Å². The summed E-state index contributed by atoms with van der Waals surface area (Å²) >= 11 is 0. The monoisotopic (exact) mass is 457 g/mol. The number of hydrogen-bond donors (Lipinski definition) is 0. The van der Waals surface area contributed by atoms with E-state index >= 15 is 0 Å². The van der Waals surface area contributed by atoms with Crippen molar-refractivity contribution >= 4 is 34.5 Å². The Morgan fingerprint density at radius 2 is 1.88 bits per heavy atom. The first-order valence-corrected chi connectivity index (χ1v) is 10.0. The minimum absolute atomic E-state index is 0.00311. The van der Waals surface area contributed by atoms with E-state index in [0.717, 1.165) is 0 Å². The zero-order valence-corrected chi connectivity index (χ0v) is 17.6. The number of esters is 1. The second kappa shape index (κ2) is 8.21. The summed E-state index contributed by atoms with van der Waals surface area (Å²) in [6.45, 7) is 0. The first-order chi connectivity index (χ1) is 16.4. The summed E-state index contributed by atoms with van der Waals surface area (Å²) in [6.07, 6.45) is 1.42. The van der Waals surface area contributed by atoms with E-state index in [0.29, 0.717) is 22.3 Å². The SMILES string of the molecule is COc1cccc2cc(C(=O)Oc3ccc4c(c3)O/C(=C\c3cccc([N+](=O)[O-])c3)C4=O)oc12. The number of para-hydroxylation sites is 1. The number of nitro benzene ring substituents is 1. The standard InChI is InChI=1S/C25H15NO8/c1-31-19-7-3-5-15-12-22(34-24(15)19)25(28)32-17-8-9-18-20(13-17)33-21(23(18)27)11-14-4-2-6-16(10-14)26(29)30/h2-13H,1H3/b21-11-. The summed E-state index contributed by atoms with van der Waals surface area (Å²) in [6, 6.07) is 17.0. The molecular weight excluding hydrogens is 442 g/mol. The van der Waals surface area contributed by atoms with Crippen LogP contribution in [0.15, 0.2) is 76.9 Å². The summed E-state index contributed by atoms with van der Waals surface area (Å²) in [5, 5.41) is 11.7. The molecule has 0 radical (unpaired) electrons. The van der Waals surface area contributed by atoms with Crippen molar-refractivity contribution in [2.45, 2.75) is 0 Å². The van der Waals surface area contributed by atoms with Crippen LogP contribution in [0.5, 0.6) is 17.2 Å². The summed E-state index contributed by atoms with van der Waals surface area (Å²) < 4.78 is 21.9. The normalized spacial score (nSPS) is 13.6. The van der Waals surface area contributed by atoms with Gasteiger partial charge in [0.2, 0.25) is 11.5 Å². The molecule has 34 heavy (non-hydrogen) atoms. The van der Waals surface area contributed by atoms with E-state index < -0.39 is 10.9 Å². The van der Waals surface area contributed by atoms with Crippen LogP contribution in [0, 0.1) is 10.1 Å². The van der Waals surface area contributed by atoms with Gasteiger partial charge in [-0.15, -0.1) is 0 Å². The van der Waals surface area contributed by atoms with Gasteiger partial charge < -0.3 is 18.6 Å². The van der Waals surface area contributed by atoms with E-state index in [-0.39, 0.29) is 40.1 Å². The number of benzene rings is 3. The summed E-state index contributed by atoms with van der Waals surface area (Å²) in [5.41, 5.74) is 1.05. The molecule has 1 aliphatic heterocycles. The topological polar surface area (TPSA) is 118 Å². The smallest absolute Gasteiger partial charge is 0.379 e. The molecule has 3 aromatic carbocycles. The van der Waals surface area contributed by atoms with Gasteiger partial charge in [0, 0.05) is 23.6 Å². The number of nitrogens with zero attached hydrogens (tertiary/aromatic N) is 1. The third-order valence-electron chi connectivity index (χ3n) is 5.16. The van der Waals surface area contributed by atoms with Crippen LogP contribution < -0.4 is 14.2 Å². The second-order valence-electron chi connectivity index (χ2n) is 7.33. The number of rotatable bonds is 5. The van der Waals surface area contributed by atoms with Gasteiger partial charge in [-0.1, -0.05) is 24.3 Å². The molecule has 9 heteroatoms. The van der Waals surface area contributed by atoms with E-state index in [1.165, 1.54) is 49.6 Å². The van der Waals surface area contributed by atoms with Crippen molar-refractivity contribution in [2.75, 3.05) is 7.11 Å². The maximum absolute atomic E-state index is 12.7. The number of hydrogen-bond acceptors (Lipinski definition) is 8. The van der Waals surface area contributed by atoms with Gasteiger partial charge in [0.05, 0.1) is 17.6 Å². The maximum atomic E-state index is 12.7. The lowest BCUT2D eigenvalue weighted by Crippen LogP contribution is -2.07. The number of ketones is 1. The van der Waals surface area contributed by atoms with Crippen LogP contribution in [0.25, 0.3) is 17.0 Å². The predicted molar refractivity (Wildman–Crippen MR) is 120 cm³/mol. The number of allylic oxidation sites excluding steroid dienone is 1. The van der Waals surface area contributed by atoms with Crippen LogP contribution in [-0.4, -0.2) is 23.8 Å². The number of carbonyl (C=O) groups is 2. The molecule has 0 N–H and O–H groups in total. The van der Waals surface area contributed by atoms with Crippen molar-refractivity contribution in [3.63, 3.8) is 0 Å². The van der Waals surface area contributed by atoms with Crippen molar-refractivity contribution in [1.82, 2.24) is 0 Å². The minimum atomic E-state index is -0.727. The van der Waals surface area contributed by atoms with Crippen LogP contribution in [0.1, 0.15) is 26.5 Å². The molecule has 0 atom stereocenters. The largest absolute Gasteiger partial charge is 0.493 e. The second-order valence-corrected chi connectivity index (χ2v) is 7.33.